The van der Waals surface area contributed by atoms with Crippen molar-refractivity contribution in [3.05, 3.63) is 35.6 Å². The van der Waals surface area contributed by atoms with E-state index in [1.54, 1.807) is 18.2 Å². The smallest absolute Gasteiger partial charge is 0.141 e. The lowest BCUT2D eigenvalue weighted by molar-refractivity contribution is -0.122. The molecule has 0 amide bonds. The second-order valence-electron chi connectivity index (χ2n) is 3.58. The van der Waals surface area contributed by atoms with Crippen molar-refractivity contribution in [1.29, 1.82) is 0 Å². The molecule has 0 bridgehead atoms. The standard InChI is InChI=1S/C12H16FNO/c1-2-9(8-14)12(15)7-10-5-3-4-6-11(10)13/h3-6,9H,2,7-8,14H2,1H3. The Balaban J connectivity index is 2.70. The molecule has 1 atom stereocenters. The predicted molar refractivity (Wildman–Crippen MR) is 57.9 cm³/mol. The van der Waals surface area contributed by atoms with E-state index in [4.69, 9.17) is 5.73 Å². The van der Waals surface area contributed by atoms with Gasteiger partial charge in [0.2, 0.25) is 0 Å². The molecule has 1 rings (SSSR count). The first kappa shape index (κ1) is 11.9. The van der Waals surface area contributed by atoms with Gasteiger partial charge in [-0.05, 0) is 18.1 Å². The number of Topliss-reactive ketones (excluding diaryl/α,β-unsaturated/α-hetero) is 1. The quantitative estimate of drug-likeness (QED) is 0.805. The Kier molecular flexibility index (Phi) is 4.43. The molecule has 0 aliphatic heterocycles. The highest BCUT2D eigenvalue weighted by atomic mass is 19.1. The summed E-state index contributed by atoms with van der Waals surface area (Å²) in [5.41, 5.74) is 5.91. The average molecular weight is 209 g/mol. The van der Waals surface area contributed by atoms with E-state index in [1.807, 2.05) is 6.92 Å². The first-order valence-corrected chi connectivity index (χ1v) is 5.15. The Morgan fingerprint density at radius 1 is 1.47 bits per heavy atom. The molecule has 0 aliphatic carbocycles. The maximum Gasteiger partial charge on any atom is 0.141 e. The lowest BCUT2D eigenvalue weighted by Gasteiger charge is -2.10. The summed E-state index contributed by atoms with van der Waals surface area (Å²) in [6.45, 7) is 2.25. The molecule has 2 nitrogen and oxygen atoms in total. The second kappa shape index (κ2) is 5.61. The van der Waals surface area contributed by atoms with Crippen molar-refractivity contribution in [2.24, 2.45) is 11.7 Å². The summed E-state index contributed by atoms with van der Waals surface area (Å²) in [5.74, 6) is -0.451. The van der Waals surface area contributed by atoms with Gasteiger partial charge in [0, 0.05) is 18.9 Å². The Morgan fingerprint density at radius 2 is 2.13 bits per heavy atom. The Morgan fingerprint density at radius 3 is 2.67 bits per heavy atom. The molecule has 2 N–H and O–H groups in total. The van der Waals surface area contributed by atoms with Gasteiger partial charge in [0.05, 0.1) is 0 Å². The first-order chi connectivity index (χ1) is 7.19. The Hall–Kier alpha value is -1.22. The molecule has 1 aromatic carbocycles. The summed E-state index contributed by atoms with van der Waals surface area (Å²) < 4.78 is 13.2. The minimum absolute atomic E-state index is 0.0186. The SMILES string of the molecule is CCC(CN)C(=O)Cc1ccccc1F. The molecule has 82 valence electrons. The van der Waals surface area contributed by atoms with Crippen molar-refractivity contribution in [1.82, 2.24) is 0 Å². The van der Waals surface area contributed by atoms with E-state index >= 15 is 0 Å². The summed E-state index contributed by atoms with van der Waals surface area (Å²) >= 11 is 0. The van der Waals surface area contributed by atoms with Gasteiger partial charge in [0.25, 0.3) is 0 Å². The minimum atomic E-state index is -0.322. The van der Waals surface area contributed by atoms with Crippen LogP contribution in [0.4, 0.5) is 4.39 Å². The summed E-state index contributed by atoms with van der Waals surface area (Å²) in [5, 5.41) is 0. The van der Waals surface area contributed by atoms with Crippen LogP contribution in [0.2, 0.25) is 0 Å². The molecule has 0 heterocycles. The van der Waals surface area contributed by atoms with Crippen molar-refractivity contribution < 1.29 is 9.18 Å². The summed E-state index contributed by atoms with van der Waals surface area (Å²) in [7, 11) is 0. The third kappa shape index (κ3) is 3.13. The first-order valence-electron chi connectivity index (χ1n) is 5.15. The predicted octanol–water partition coefficient (Wildman–Crippen LogP) is 1.92. The van der Waals surface area contributed by atoms with Crippen molar-refractivity contribution >= 4 is 5.78 Å². The number of rotatable bonds is 5. The molecular weight excluding hydrogens is 193 g/mol. The second-order valence-corrected chi connectivity index (χ2v) is 3.58. The molecule has 3 heteroatoms. The highest BCUT2D eigenvalue weighted by Crippen LogP contribution is 2.11. The van der Waals surface area contributed by atoms with Crippen LogP contribution in [-0.2, 0) is 11.2 Å². The highest BCUT2D eigenvalue weighted by molar-refractivity contribution is 5.83. The molecular formula is C12H16FNO. The van der Waals surface area contributed by atoms with Crippen LogP contribution in [0, 0.1) is 11.7 Å². The third-order valence-electron chi connectivity index (χ3n) is 2.56. The summed E-state index contributed by atoms with van der Waals surface area (Å²) in [4.78, 5) is 11.7. The van der Waals surface area contributed by atoms with E-state index in [-0.39, 0.29) is 23.9 Å². The lowest BCUT2D eigenvalue weighted by atomic mass is 9.95. The van der Waals surface area contributed by atoms with Crippen LogP contribution in [0.3, 0.4) is 0 Å². The molecule has 15 heavy (non-hydrogen) atoms. The van der Waals surface area contributed by atoms with Gasteiger partial charge in [0.1, 0.15) is 11.6 Å². The number of nitrogens with two attached hydrogens (primary N) is 1. The van der Waals surface area contributed by atoms with E-state index in [9.17, 15) is 9.18 Å². The molecule has 0 saturated carbocycles. The zero-order valence-electron chi connectivity index (χ0n) is 8.87. The minimum Gasteiger partial charge on any atom is -0.330 e. The molecule has 0 fully saturated rings. The van der Waals surface area contributed by atoms with E-state index in [0.29, 0.717) is 18.5 Å². The zero-order valence-corrected chi connectivity index (χ0v) is 8.87. The van der Waals surface area contributed by atoms with Crippen LogP contribution in [0.15, 0.2) is 24.3 Å². The molecule has 0 radical (unpaired) electrons. The monoisotopic (exact) mass is 209 g/mol. The van der Waals surface area contributed by atoms with E-state index < -0.39 is 0 Å². The fourth-order valence-electron chi connectivity index (χ4n) is 1.50. The van der Waals surface area contributed by atoms with Crippen molar-refractivity contribution in [2.45, 2.75) is 19.8 Å². The average Bonchev–Trinajstić information content (AvgIpc) is 2.23. The molecule has 0 aromatic heterocycles. The number of hydrogen-bond donors (Lipinski definition) is 1. The maximum absolute atomic E-state index is 13.2. The summed E-state index contributed by atoms with van der Waals surface area (Å²) in [6, 6.07) is 6.35. The molecule has 1 unspecified atom stereocenters. The van der Waals surface area contributed by atoms with Crippen molar-refractivity contribution in [3.8, 4) is 0 Å². The molecule has 0 spiro atoms. The molecule has 0 saturated heterocycles. The maximum atomic E-state index is 13.2. The van der Waals surface area contributed by atoms with Gasteiger partial charge in [-0.25, -0.2) is 4.39 Å². The normalized spacial score (nSPS) is 12.5. The van der Waals surface area contributed by atoms with Gasteiger partial charge in [-0.3, -0.25) is 4.79 Å². The van der Waals surface area contributed by atoms with Crippen LogP contribution >= 0.6 is 0 Å². The fraction of sp³-hybridized carbons (Fsp3) is 0.417. The highest BCUT2D eigenvalue weighted by Gasteiger charge is 2.16. The van der Waals surface area contributed by atoms with Gasteiger partial charge in [-0.2, -0.15) is 0 Å². The van der Waals surface area contributed by atoms with Crippen LogP contribution in [0.1, 0.15) is 18.9 Å². The van der Waals surface area contributed by atoms with E-state index in [0.717, 1.165) is 0 Å². The van der Waals surface area contributed by atoms with Crippen LogP contribution in [0.25, 0.3) is 0 Å². The van der Waals surface area contributed by atoms with Gasteiger partial charge in [-0.15, -0.1) is 0 Å². The lowest BCUT2D eigenvalue weighted by Crippen LogP contribution is -2.24. The molecule has 1 aromatic rings. The van der Waals surface area contributed by atoms with Gasteiger partial charge >= 0.3 is 0 Å². The van der Waals surface area contributed by atoms with Crippen LogP contribution < -0.4 is 5.73 Å². The number of hydrogen-bond acceptors (Lipinski definition) is 2. The fourth-order valence-corrected chi connectivity index (χ4v) is 1.50. The largest absolute Gasteiger partial charge is 0.330 e. The van der Waals surface area contributed by atoms with Crippen molar-refractivity contribution in [3.63, 3.8) is 0 Å². The van der Waals surface area contributed by atoms with E-state index in [2.05, 4.69) is 0 Å². The molecule has 0 aliphatic rings. The number of benzene rings is 1. The zero-order chi connectivity index (χ0) is 11.3. The van der Waals surface area contributed by atoms with Gasteiger partial charge < -0.3 is 5.73 Å². The number of carbonyl (C=O) groups is 1. The Bertz CT molecular complexity index is 334. The topological polar surface area (TPSA) is 43.1 Å². The van der Waals surface area contributed by atoms with Crippen LogP contribution in [0.5, 0.6) is 0 Å². The number of ketones is 1. The third-order valence-corrected chi connectivity index (χ3v) is 2.56. The van der Waals surface area contributed by atoms with Gasteiger partial charge in [-0.1, -0.05) is 25.1 Å². The number of halogens is 1. The number of carbonyl (C=O) groups excluding carboxylic acids is 1. The van der Waals surface area contributed by atoms with Crippen molar-refractivity contribution in [2.75, 3.05) is 6.54 Å². The van der Waals surface area contributed by atoms with E-state index in [1.165, 1.54) is 6.07 Å². The summed E-state index contributed by atoms with van der Waals surface area (Å²) in [6.07, 6.45) is 0.853. The van der Waals surface area contributed by atoms with Gasteiger partial charge in [0.15, 0.2) is 0 Å². The Labute approximate surface area is 89.3 Å². The van der Waals surface area contributed by atoms with Crippen LogP contribution in [-0.4, -0.2) is 12.3 Å².